The van der Waals surface area contributed by atoms with Crippen molar-refractivity contribution in [3.63, 3.8) is 0 Å². The smallest absolute Gasteiger partial charge is 0.328 e. The summed E-state index contributed by atoms with van der Waals surface area (Å²) in [6, 6.07) is 7.28. The summed E-state index contributed by atoms with van der Waals surface area (Å²) in [5.74, 6) is -1.67. The number of carbonyl (C=O) groups excluding carboxylic acids is 1. The van der Waals surface area contributed by atoms with Crippen molar-refractivity contribution in [2.45, 2.75) is 32.7 Å². The molecule has 0 heterocycles. The second-order valence-electron chi connectivity index (χ2n) is 5.15. The fourth-order valence-electron chi connectivity index (χ4n) is 1.59. The molecule has 1 aromatic rings. The Balaban J connectivity index is 2.66. The molecular weight excluding hydrogens is 266 g/mol. The Labute approximate surface area is 117 Å². The maximum Gasteiger partial charge on any atom is 0.328 e. The standard InChI is InChI=1S/C14H18ClNO3/c1-9(7-10-5-4-6-11(15)8-10)12(17)16-14(2,3)13(18)19/h4-6,8-9H,7H2,1-3H3,(H,16,17)(H,18,19). The third-order valence-corrected chi connectivity index (χ3v) is 3.08. The lowest BCUT2D eigenvalue weighted by Crippen LogP contribution is -2.51. The van der Waals surface area contributed by atoms with E-state index in [1.54, 1.807) is 19.1 Å². The number of amides is 1. The van der Waals surface area contributed by atoms with Crippen LogP contribution in [0.25, 0.3) is 0 Å². The van der Waals surface area contributed by atoms with Gasteiger partial charge in [0.25, 0.3) is 0 Å². The molecule has 0 aliphatic carbocycles. The molecule has 2 N–H and O–H groups in total. The largest absolute Gasteiger partial charge is 0.480 e. The van der Waals surface area contributed by atoms with Crippen LogP contribution in [0.15, 0.2) is 24.3 Å². The number of carboxylic acids is 1. The molecule has 104 valence electrons. The Hall–Kier alpha value is -1.55. The van der Waals surface area contributed by atoms with Gasteiger partial charge in [-0.3, -0.25) is 4.79 Å². The van der Waals surface area contributed by atoms with Gasteiger partial charge >= 0.3 is 5.97 Å². The minimum atomic E-state index is -1.26. The van der Waals surface area contributed by atoms with E-state index < -0.39 is 11.5 Å². The Kier molecular flexibility index (Phi) is 4.95. The number of hydrogen-bond donors (Lipinski definition) is 2. The summed E-state index contributed by atoms with van der Waals surface area (Å²) in [5, 5.41) is 12.1. The van der Waals surface area contributed by atoms with Gasteiger partial charge in [-0.15, -0.1) is 0 Å². The summed E-state index contributed by atoms with van der Waals surface area (Å²) < 4.78 is 0. The van der Waals surface area contributed by atoms with Gasteiger partial charge in [-0.1, -0.05) is 30.7 Å². The minimum Gasteiger partial charge on any atom is -0.480 e. The van der Waals surface area contributed by atoms with Gasteiger partial charge in [0.05, 0.1) is 0 Å². The van der Waals surface area contributed by atoms with Crippen molar-refractivity contribution >= 4 is 23.5 Å². The van der Waals surface area contributed by atoms with Gasteiger partial charge in [-0.2, -0.15) is 0 Å². The van der Waals surface area contributed by atoms with E-state index in [9.17, 15) is 9.59 Å². The van der Waals surface area contributed by atoms with Gasteiger partial charge in [-0.25, -0.2) is 4.79 Å². The predicted octanol–water partition coefficient (Wildman–Crippen LogP) is 2.50. The van der Waals surface area contributed by atoms with Crippen LogP contribution in [0.4, 0.5) is 0 Å². The van der Waals surface area contributed by atoms with Crippen molar-refractivity contribution in [1.82, 2.24) is 5.32 Å². The molecule has 0 aliphatic rings. The SMILES string of the molecule is CC(Cc1cccc(Cl)c1)C(=O)NC(C)(C)C(=O)O. The number of aliphatic carboxylic acids is 1. The normalized spacial score (nSPS) is 12.8. The maximum atomic E-state index is 11.9. The summed E-state index contributed by atoms with van der Waals surface area (Å²) in [6.45, 7) is 4.67. The Morgan fingerprint density at radius 1 is 1.42 bits per heavy atom. The molecule has 0 saturated carbocycles. The van der Waals surface area contributed by atoms with Gasteiger partial charge in [-0.05, 0) is 38.0 Å². The molecule has 0 fully saturated rings. The summed E-state index contributed by atoms with van der Waals surface area (Å²) in [5.41, 5.74) is -0.317. The molecule has 1 atom stereocenters. The third-order valence-electron chi connectivity index (χ3n) is 2.85. The van der Waals surface area contributed by atoms with Gasteiger partial charge in [0.1, 0.15) is 5.54 Å². The first-order valence-electron chi connectivity index (χ1n) is 6.02. The fraction of sp³-hybridized carbons (Fsp3) is 0.429. The van der Waals surface area contributed by atoms with Gasteiger partial charge < -0.3 is 10.4 Å². The predicted molar refractivity (Wildman–Crippen MR) is 74.2 cm³/mol. The van der Waals surface area contributed by atoms with Crippen LogP contribution in [0.2, 0.25) is 5.02 Å². The second kappa shape index (κ2) is 6.06. The Bertz CT molecular complexity index is 485. The number of benzene rings is 1. The van der Waals surface area contributed by atoms with Gasteiger partial charge in [0, 0.05) is 10.9 Å². The number of carbonyl (C=O) groups is 2. The Morgan fingerprint density at radius 2 is 2.05 bits per heavy atom. The van der Waals surface area contributed by atoms with Gasteiger partial charge in [0.15, 0.2) is 0 Å². The molecule has 0 aromatic heterocycles. The summed E-state index contributed by atoms with van der Waals surface area (Å²) in [7, 11) is 0. The lowest BCUT2D eigenvalue weighted by molar-refractivity contribution is -0.146. The van der Waals surface area contributed by atoms with Crippen molar-refractivity contribution in [2.75, 3.05) is 0 Å². The molecule has 0 saturated heterocycles. The van der Waals surface area contributed by atoms with E-state index in [2.05, 4.69) is 5.32 Å². The molecule has 19 heavy (non-hydrogen) atoms. The second-order valence-corrected chi connectivity index (χ2v) is 5.59. The zero-order chi connectivity index (χ0) is 14.6. The highest BCUT2D eigenvalue weighted by Gasteiger charge is 2.30. The number of hydrogen-bond acceptors (Lipinski definition) is 2. The zero-order valence-corrected chi connectivity index (χ0v) is 12.0. The highest BCUT2D eigenvalue weighted by Crippen LogP contribution is 2.15. The van der Waals surface area contributed by atoms with Crippen LogP contribution in [-0.2, 0) is 16.0 Å². The first-order valence-corrected chi connectivity index (χ1v) is 6.40. The van der Waals surface area contributed by atoms with E-state index in [1.807, 2.05) is 12.1 Å². The van der Waals surface area contributed by atoms with Crippen LogP contribution in [0, 0.1) is 5.92 Å². The van der Waals surface area contributed by atoms with E-state index in [4.69, 9.17) is 16.7 Å². The molecule has 0 spiro atoms. The fourth-order valence-corrected chi connectivity index (χ4v) is 1.81. The number of carboxylic acid groups (broad SMARTS) is 1. The number of nitrogens with one attached hydrogen (secondary N) is 1. The van der Waals surface area contributed by atoms with Crippen molar-refractivity contribution in [2.24, 2.45) is 5.92 Å². The summed E-state index contributed by atoms with van der Waals surface area (Å²) >= 11 is 5.88. The monoisotopic (exact) mass is 283 g/mol. The van der Waals surface area contributed by atoms with E-state index in [1.165, 1.54) is 13.8 Å². The first-order chi connectivity index (χ1) is 8.72. The van der Waals surface area contributed by atoms with Crippen LogP contribution in [0.5, 0.6) is 0 Å². The van der Waals surface area contributed by atoms with E-state index >= 15 is 0 Å². The van der Waals surface area contributed by atoms with Crippen LogP contribution in [-0.4, -0.2) is 22.5 Å². The molecule has 1 rings (SSSR count). The lowest BCUT2D eigenvalue weighted by Gasteiger charge is -2.23. The number of halogens is 1. The van der Waals surface area contributed by atoms with E-state index in [0.717, 1.165) is 5.56 Å². The number of rotatable bonds is 5. The lowest BCUT2D eigenvalue weighted by atomic mass is 9.98. The molecule has 1 amide bonds. The third kappa shape index (κ3) is 4.56. The van der Waals surface area contributed by atoms with Crippen molar-refractivity contribution < 1.29 is 14.7 Å². The highest BCUT2D eigenvalue weighted by atomic mass is 35.5. The summed E-state index contributed by atoms with van der Waals surface area (Å²) in [4.78, 5) is 22.9. The Morgan fingerprint density at radius 3 is 2.58 bits per heavy atom. The molecule has 0 radical (unpaired) electrons. The first kappa shape index (κ1) is 15.5. The van der Waals surface area contributed by atoms with E-state index in [0.29, 0.717) is 11.4 Å². The molecular formula is C14H18ClNO3. The highest BCUT2D eigenvalue weighted by molar-refractivity contribution is 6.30. The van der Waals surface area contributed by atoms with Crippen molar-refractivity contribution in [1.29, 1.82) is 0 Å². The molecule has 0 bridgehead atoms. The maximum absolute atomic E-state index is 11.9. The van der Waals surface area contributed by atoms with Crippen LogP contribution in [0.3, 0.4) is 0 Å². The van der Waals surface area contributed by atoms with Crippen LogP contribution >= 0.6 is 11.6 Å². The summed E-state index contributed by atoms with van der Waals surface area (Å²) in [6.07, 6.45) is 0.516. The molecule has 0 aliphatic heterocycles. The quantitative estimate of drug-likeness (QED) is 0.872. The molecule has 4 nitrogen and oxygen atoms in total. The molecule has 1 aromatic carbocycles. The van der Waals surface area contributed by atoms with Crippen LogP contribution < -0.4 is 5.32 Å². The average molecular weight is 284 g/mol. The van der Waals surface area contributed by atoms with E-state index in [-0.39, 0.29) is 11.8 Å². The van der Waals surface area contributed by atoms with Gasteiger partial charge in [0.2, 0.25) is 5.91 Å². The minimum absolute atomic E-state index is 0.285. The average Bonchev–Trinajstić information content (AvgIpc) is 2.28. The molecule has 5 heteroatoms. The zero-order valence-electron chi connectivity index (χ0n) is 11.2. The topological polar surface area (TPSA) is 66.4 Å². The van der Waals surface area contributed by atoms with Crippen LogP contribution in [0.1, 0.15) is 26.3 Å². The van der Waals surface area contributed by atoms with Crippen molar-refractivity contribution in [3.8, 4) is 0 Å². The van der Waals surface area contributed by atoms with Crippen molar-refractivity contribution in [3.05, 3.63) is 34.9 Å². The molecule has 1 unspecified atom stereocenters.